The summed E-state index contributed by atoms with van der Waals surface area (Å²) in [5.74, 6) is -0.497. The second-order valence-corrected chi connectivity index (χ2v) is 5.32. The van der Waals surface area contributed by atoms with Crippen LogP contribution in [-0.4, -0.2) is 6.04 Å². The lowest BCUT2D eigenvalue weighted by Crippen LogP contribution is -2.18. The highest BCUT2D eigenvalue weighted by Gasteiger charge is 2.08. The Morgan fingerprint density at radius 1 is 1.11 bits per heavy atom. The van der Waals surface area contributed by atoms with E-state index in [0.717, 1.165) is 5.69 Å². The predicted molar refractivity (Wildman–Crippen MR) is 77.3 cm³/mol. The largest absolute Gasteiger partial charge is 0.382 e. The van der Waals surface area contributed by atoms with Crippen LogP contribution in [0.25, 0.3) is 0 Å². The molecule has 1 unspecified atom stereocenters. The molecule has 0 bridgehead atoms. The van der Waals surface area contributed by atoms with Gasteiger partial charge in [-0.15, -0.1) is 0 Å². The summed E-state index contributed by atoms with van der Waals surface area (Å²) in [6.45, 7) is 1.96. The van der Waals surface area contributed by atoms with E-state index in [0.29, 0.717) is 16.5 Å². The van der Waals surface area contributed by atoms with Crippen LogP contribution in [0.5, 0.6) is 0 Å². The quantitative estimate of drug-likeness (QED) is 0.853. The smallest absolute Gasteiger partial charge is 0.137 e. The Morgan fingerprint density at radius 2 is 1.84 bits per heavy atom. The lowest BCUT2D eigenvalue weighted by molar-refractivity contribution is 0.601. The van der Waals surface area contributed by atoms with Crippen LogP contribution in [0.15, 0.2) is 46.9 Å². The topological polar surface area (TPSA) is 12.0 Å². The minimum atomic E-state index is -0.299. The van der Waals surface area contributed by atoms with Gasteiger partial charge in [0.2, 0.25) is 0 Å². The van der Waals surface area contributed by atoms with E-state index in [4.69, 9.17) is 0 Å². The molecule has 0 spiro atoms. The van der Waals surface area contributed by atoms with E-state index in [1.165, 1.54) is 12.1 Å². The minimum absolute atomic E-state index is 0.0502. The van der Waals surface area contributed by atoms with Gasteiger partial charge in [-0.3, -0.25) is 0 Å². The van der Waals surface area contributed by atoms with Crippen LogP contribution in [0, 0.1) is 11.6 Å². The molecule has 0 saturated carbocycles. The Bertz CT molecular complexity index is 572. The second-order valence-electron chi connectivity index (χ2n) is 4.47. The van der Waals surface area contributed by atoms with Crippen molar-refractivity contribution < 1.29 is 8.78 Å². The molecule has 0 amide bonds. The molecule has 2 aromatic rings. The molecule has 1 nitrogen and oxygen atoms in total. The van der Waals surface area contributed by atoms with E-state index in [9.17, 15) is 8.78 Å². The van der Waals surface area contributed by atoms with E-state index >= 15 is 0 Å². The number of rotatable bonds is 4. The van der Waals surface area contributed by atoms with E-state index in [1.807, 2.05) is 13.0 Å². The summed E-state index contributed by atoms with van der Waals surface area (Å²) in [4.78, 5) is 0. The Morgan fingerprint density at radius 3 is 2.53 bits per heavy atom. The van der Waals surface area contributed by atoms with E-state index in [2.05, 4.69) is 21.2 Å². The number of benzene rings is 2. The molecule has 0 saturated heterocycles. The van der Waals surface area contributed by atoms with Gasteiger partial charge in [-0.05, 0) is 59.1 Å². The van der Waals surface area contributed by atoms with Gasteiger partial charge < -0.3 is 5.32 Å². The zero-order valence-electron chi connectivity index (χ0n) is 10.5. The molecule has 1 N–H and O–H groups in total. The van der Waals surface area contributed by atoms with Crippen molar-refractivity contribution in [2.45, 2.75) is 19.4 Å². The molecule has 2 rings (SSSR count). The van der Waals surface area contributed by atoms with Crippen molar-refractivity contribution in [3.8, 4) is 0 Å². The molecule has 0 aliphatic carbocycles. The highest BCUT2D eigenvalue weighted by atomic mass is 79.9. The molecule has 0 aromatic heterocycles. The summed E-state index contributed by atoms with van der Waals surface area (Å²) in [5.41, 5.74) is 1.47. The molecule has 0 aliphatic heterocycles. The Labute approximate surface area is 119 Å². The first-order valence-corrected chi connectivity index (χ1v) is 6.80. The summed E-state index contributed by atoms with van der Waals surface area (Å²) < 4.78 is 27.0. The lowest BCUT2D eigenvalue weighted by Gasteiger charge is -2.16. The van der Waals surface area contributed by atoms with Crippen molar-refractivity contribution in [2.24, 2.45) is 0 Å². The summed E-state index contributed by atoms with van der Waals surface area (Å²) >= 11 is 3.14. The van der Waals surface area contributed by atoms with E-state index in [-0.39, 0.29) is 17.7 Å². The monoisotopic (exact) mass is 325 g/mol. The third-order valence-corrected chi connectivity index (χ3v) is 3.42. The first-order chi connectivity index (χ1) is 9.06. The average Bonchev–Trinajstić information content (AvgIpc) is 2.37. The molecule has 2 aromatic carbocycles. The SMILES string of the molecule is CC(Cc1ccccc1F)Nc1ccc(F)c(Br)c1. The van der Waals surface area contributed by atoms with E-state index < -0.39 is 0 Å². The molecule has 0 fully saturated rings. The van der Waals surface area contributed by atoms with Crippen molar-refractivity contribution in [1.29, 1.82) is 0 Å². The lowest BCUT2D eigenvalue weighted by atomic mass is 10.1. The third-order valence-electron chi connectivity index (χ3n) is 2.82. The van der Waals surface area contributed by atoms with Crippen molar-refractivity contribution in [3.63, 3.8) is 0 Å². The van der Waals surface area contributed by atoms with Gasteiger partial charge >= 0.3 is 0 Å². The maximum Gasteiger partial charge on any atom is 0.137 e. The van der Waals surface area contributed by atoms with Crippen LogP contribution >= 0.6 is 15.9 Å². The summed E-state index contributed by atoms with van der Waals surface area (Å²) in [7, 11) is 0. The molecular weight excluding hydrogens is 312 g/mol. The van der Waals surface area contributed by atoms with Gasteiger partial charge in [-0.25, -0.2) is 8.78 Å². The van der Waals surface area contributed by atoms with Crippen LogP contribution in [0.2, 0.25) is 0 Å². The summed E-state index contributed by atoms with van der Waals surface area (Å²) in [5, 5.41) is 3.22. The van der Waals surface area contributed by atoms with Crippen LogP contribution in [0.3, 0.4) is 0 Å². The van der Waals surface area contributed by atoms with Gasteiger partial charge in [0.15, 0.2) is 0 Å². The maximum absolute atomic E-state index is 13.5. The van der Waals surface area contributed by atoms with Gasteiger partial charge in [0.05, 0.1) is 4.47 Å². The predicted octanol–water partition coefficient (Wildman–Crippen LogP) is 4.77. The number of hydrogen-bond acceptors (Lipinski definition) is 1. The number of anilines is 1. The van der Waals surface area contributed by atoms with Crippen molar-refractivity contribution >= 4 is 21.6 Å². The normalized spacial score (nSPS) is 12.2. The van der Waals surface area contributed by atoms with Gasteiger partial charge in [-0.2, -0.15) is 0 Å². The van der Waals surface area contributed by atoms with Gasteiger partial charge in [0, 0.05) is 11.7 Å². The van der Waals surface area contributed by atoms with Crippen LogP contribution in [0.1, 0.15) is 12.5 Å². The zero-order valence-corrected chi connectivity index (χ0v) is 12.0. The van der Waals surface area contributed by atoms with Gasteiger partial charge in [0.25, 0.3) is 0 Å². The number of nitrogens with one attached hydrogen (secondary N) is 1. The van der Waals surface area contributed by atoms with Crippen LogP contribution in [-0.2, 0) is 6.42 Å². The highest BCUT2D eigenvalue weighted by molar-refractivity contribution is 9.10. The van der Waals surface area contributed by atoms with Gasteiger partial charge in [0.1, 0.15) is 11.6 Å². The standard InChI is InChI=1S/C15H14BrF2N/c1-10(8-11-4-2-3-5-14(11)17)19-12-6-7-15(18)13(16)9-12/h2-7,9-10,19H,8H2,1H3. The molecule has 1 atom stereocenters. The fourth-order valence-electron chi connectivity index (χ4n) is 1.92. The fraction of sp³-hybridized carbons (Fsp3) is 0.200. The van der Waals surface area contributed by atoms with Crippen molar-refractivity contribution in [2.75, 3.05) is 5.32 Å². The minimum Gasteiger partial charge on any atom is -0.382 e. The van der Waals surface area contributed by atoms with E-state index in [1.54, 1.807) is 24.3 Å². The summed E-state index contributed by atoms with van der Waals surface area (Å²) in [6, 6.07) is 11.5. The molecular formula is C15H14BrF2N. The third kappa shape index (κ3) is 3.77. The molecule has 4 heteroatoms. The second kappa shape index (κ2) is 6.15. The Hall–Kier alpha value is -1.42. The van der Waals surface area contributed by atoms with Gasteiger partial charge in [-0.1, -0.05) is 18.2 Å². The fourth-order valence-corrected chi connectivity index (χ4v) is 2.29. The average molecular weight is 326 g/mol. The number of halogens is 3. The zero-order chi connectivity index (χ0) is 13.8. The number of hydrogen-bond donors (Lipinski definition) is 1. The summed E-state index contributed by atoms with van der Waals surface area (Å²) in [6.07, 6.45) is 0.571. The first-order valence-electron chi connectivity index (χ1n) is 6.01. The van der Waals surface area contributed by atoms with Crippen LogP contribution < -0.4 is 5.32 Å². The highest BCUT2D eigenvalue weighted by Crippen LogP contribution is 2.21. The van der Waals surface area contributed by atoms with Crippen molar-refractivity contribution in [3.05, 3.63) is 64.1 Å². The van der Waals surface area contributed by atoms with Crippen molar-refractivity contribution in [1.82, 2.24) is 0 Å². The first kappa shape index (κ1) is 14.0. The maximum atomic E-state index is 13.5. The molecule has 0 heterocycles. The Kier molecular flexibility index (Phi) is 4.53. The molecule has 0 aliphatic rings. The van der Waals surface area contributed by atoms with Crippen LogP contribution in [0.4, 0.5) is 14.5 Å². The molecule has 0 radical (unpaired) electrons. The Balaban J connectivity index is 2.03. The molecule has 19 heavy (non-hydrogen) atoms. The molecule has 100 valence electrons.